The number of nitrogens with zero attached hydrogens (tertiary/aromatic N) is 2. The molecule has 0 radical (unpaired) electrons. The van der Waals surface area contributed by atoms with Gasteiger partial charge in [-0.15, -0.1) is 0 Å². The summed E-state index contributed by atoms with van der Waals surface area (Å²) < 4.78 is 10.7. The van der Waals surface area contributed by atoms with Crippen molar-refractivity contribution in [3.8, 4) is 5.75 Å². The molecule has 10 heteroatoms. The first kappa shape index (κ1) is 31.8. The lowest BCUT2D eigenvalue weighted by atomic mass is 9.94. The predicted molar refractivity (Wildman–Crippen MR) is 162 cm³/mol. The molecule has 10 nitrogen and oxygen atoms in total. The number of amides is 4. The molecule has 2 atom stereocenters. The van der Waals surface area contributed by atoms with Crippen molar-refractivity contribution in [2.24, 2.45) is 5.92 Å². The van der Waals surface area contributed by atoms with Crippen LogP contribution >= 0.6 is 0 Å². The molecule has 2 aliphatic heterocycles. The Morgan fingerprint density at radius 3 is 2.21 bits per heavy atom. The number of ether oxygens (including phenoxy) is 2. The van der Waals surface area contributed by atoms with Crippen LogP contribution in [0.5, 0.6) is 5.75 Å². The zero-order chi connectivity index (χ0) is 31.0. The van der Waals surface area contributed by atoms with E-state index in [0.717, 1.165) is 23.3 Å². The lowest BCUT2D eigenvalue weighted by molar-refractivity contribution is -0.139. The minimum Gasteiger partial charge on any atom is -0.497 e. The molecule has 4 rings (SSSR count). The van der Waals surface area contributed by atoms with Gasteiger partial charge in [-0.05, 0) is 69.7 Å². The van der Waals surface area contributed by atoms with E-state index in [0.29, 0.717) is 51.9 Å². The number of nitrogens with one attached hydrogen (secondary N) is 2. The Kier molecular flexibility index (Phi) is 10.7. The number of hydrogen-bond donors (Lipinski definition) is 2. The van der Waals surface area contributed by atoms with Gasteiger partial charge >= 0.3 is 6.09 Å². The molecular formula is C33H44N4O6. The van der Waals surface area contributed by atoms with Crippen molar-refractivity contribution in [3.05, 3.63) is 65.7 Å². The molecule has 0 aliphatic carbocycles. The SMILES string of the molecule is COc1ccc(CNC(=O)[C@H](Cc2ccccc2)NC(=O)C2CCN(C(=O)[C@@H]3CCCN3C(=O)OC(C)(C)C)CC2)cc1. The minimum absolute atomic E-state index is 0.0953. The lowest BCUT2D eigenvalue weighted by Crippen LogP contribution is -2.53. The van der Waals surface area contributed by atoms with Gasteiger partial charge in [-0.2, -0.15) is 0 Å². The summed E-state index contributed by atoms with van der Waals surface area (Å²) in [7, 11) is 1.60. The van der Waals surface area contributed by atoms with Gasteiger partial charge in [0, 0.05) is 38.5 Å². The minimum atomic E-state index is -0.742. The molecular weight excluding hydrogens is 548 g/mol. The molecule has 0 bridgehead atoms. The van der Waals surface area contributed by atoms with Crippen LogP contribution in [-0.2, 0) is 32.1 Å². The number of piperidine rings is 1. The molecule has 232 valence electrons. The molecule has 2 aromatic carbocycles. The summed E-state index contributed by atoms with van der Waals surface area (Å²) in [6, 6.07) is 15.8. The Hall–Kier alpha value is -4.08. The van der Waals surface area contributed by atoms with Gasteiger partial charge in [-0.3, -0.25) is 19.3 Å². The summed E-state index contributed by atoms with van der Waals surface area (Å²) in [6.45, 7) is 7.08. The van der Waals surface area contributed by atoms with Gasteiger partial charge in [0.25, 0.3) is 0 Å². The Morgan fingerprint density at radius 2 is 1.58 bits per heavy atom. The number of rotatable bonds is 9. The molecule has 43 heavy (non-hydrogen) atoms. The standard InChI is InChI=1S/C33H44N4O6/c1-33(2,3)43-32(41)37-18-8-11-28(37)31(40)36-19-16-25(17-20-36)29(38)35-27(21-23-9-6-5-7-10-23)30(39)34-22-24-12-14-26(42-4)15-13-24/h5-7,9-10,12-15,25,27-28H,8,11,16-22H2,1-4H3,(H,34,39)(H,35,38)/t27-,28-/m0/s1. The van der Waals surface area contributed by atoms with Crippen molar-refractivity contribution in [1.29, 1.82) is 0 Å². The maximum atomic E-state index is 13.4. The van der Waals surface area contributed by atoms with E-state index in [4.69, 9.17) is 9.47 Å². The van der Waals surface area contributed by atoms with E-state index >= 15 is 0 Å². The van der Waals surface area contributed by atoms with Crippen LogP contribution < -0.4 is 15.4 Å². The molecule has 2 fully saturated rings. The molecule has 2 heterocycles. The van der Waals surface area contributed by atoms with Crippen LogP contribution in [0.15, 0.2) is 54.6 Å². The van der Waals surface area contributed by atoms with Crippen molar-refractivity contribution in [2.75, 3.05) is 26.7 Å². The van der Waals surface area contributed by atoms with Crippen molar-refractivity contribution < 1.29 is 28.7 Å². The van der Waals surface area contributed by atoms with Crippen molar-refractivity contribution in [3.63, 3.8) is 0 Å². The number of hydrogen-bond acceptors (Lipinski definition) is 6. The number of carbonyl (C=O) groups excluding carboxylic acids is 4. The largest absolute Gasteiger partial charge is 0.497 e. The third kappa shape index (κ3) is 8.95. The van der Waals surface area contributed by atoms with Crippen LogP contribution in [0.1, 0.15) is 57.6 Å². The summed E-state index contributed by atoms with van der Waals surface area (Å²) in [4.78, 5) is 56.0. The van der Waals surface area contributed by atoms with Crippen LogP contribution in [0, 0.1) is 5.92 Å². The molecule has 0 aromatic heterocycles. The number of carbonyl (C=O) groups is 4. The van der Waals surface area contributed by atoms with Crippen LogP contribution in [-0.4, -0.2) is 78.0 Å². The molecule has 2 saturated heterocycles. The van der Waals surface area contributed by atoms with Crippen molar-refractivity contribution in [2.45, 2.75) is 77.1 Å². The zero-order valence-corrected chi connectivity index (χ0v) is 25.6. The van der Waals surface area contributed by atoms with Crippen LogP contribution in [0.25, 0.3) is 0 Å². The summed E-state index contributed by atoms with van der Waals surface area (Å²) in [5.74, 6) is -0.127. The second kappa shape index (κ2) is 14.4. The summed E-state index contributed by atoms with van der Waals surface area (Å²) in [6.07, 6.45) is 2.22. The number of methoxy groups -OCH3 is 1. The highest BCUT2D eigenvalue weighted by molar-refractivity contribution is 5.89. The summed E-state index contributed by atoms with van der Waals surface area (Å²) >= 11 is 0. The molecule has 2 aliphatic rings. The Bertz CT molecular complexity index is 1250. The fourth-order valence-electron chi connectivity index (χ4n) is 5.54. The van der Waals surface area contributed by atoms with E-state index in [1.165, 1.54) is 4.90 Å². The molecule has 4 amide bonds. The molecule has 2 aromatic rings. The third-order valence-electron chi connectivity index (χ3n) is 7.88. The Labute approximate surface area is 254 Å². The van der Waals surface area contributed by atoms with Crippen LogP contribution in [0.4, 0.5) is 4.79 Å². The summed E-state index contributed by atoms with van der Waals surface area (Å²) in [5.41, 5.74) is 1.23. The highest BCUT2D eigenvalue weighted by Gasteiger charge is 2.40. The van der Waals surface area contributed by atoms with E-state index in [2.05, 4.69) is 10.6 Å². The van der Waals surface area contributed by atoms with Crippen molar-refractivity contribution >= 4 is 23.8 Å². The molecule has 0 saturated carbocycles. The quantitative estimate of drug-likeness (QED) is 0.459. The van der Waals surface area contributed by atoms with E-state index in [1.54, 1.807) is 12.0 Å². The zero-order valence-electron chi connectivity index (χ0n) is 25.6. The second-order valence-corrected chi connectivity index (χ2v) is 12.2. The fourth-order valence-corrected chi connectivity index (χ4v) is 5.54. The number of benzene rings is 2. The molecule has 0 unspecified atom stereocenters. The van der Waals surface area contributed by atoms with E-state index < -0.39 is 23.8 Å². The monoisotopic (exact) mass is 592 g/mol. The third-order valence-corrected chi connectivity index (χ3v) is 7.88. The smallest absolute Gasteiger partial charge is 0.410 e. The normalized spacial score (nSPS) is 18.1. The van der Waals surface area contributed by atoms with Gasteiger partial charge < -0.3 is 25.0 Å². The van der Waals surface area contributed by atoms with Gasteiger partial charge in [-0.1, -0.05) is 42.5 Å². The van der Waals surface area contributed by atoms with Crippen molar-refractivity contribution in [1.82, 2.24) is 20.4 Å². The van der Waals surface area contributed by atoms with Gasteiger partial charge in [0.15, 0.2) is 0 Å². The average Bonchev–Trinajstić information content (AvgIpc) is 3.50. The Balaban J connectivity index is 1.33. The topological polar surface area (TPSA) is 117 Å². The van der Waals surface area contributed by atoms with E-state index in [-0.39, 0.29) is 23.6 Å². The Morgan fingerprint density at radius 1 is 0.907 bits per heavy atom. The average molecular weight is 593 g/mol. The fraction of sp³-hybridized carbons (Fsp3) is 0.515. The first-order valence-corrected chi connectivity index (χ1v) is 15.1. The molecule has 2 N–H and O–H groups in total. The number of likely N-dealkylation sites (tertiary alicyclic amines) is 2. The maximum absolute atomic E-state index is 13.4. The predicted octanol–water partition coefficient (Wildman–Crippen LogP) is 3.68. The first-order valence-electron chi connectivity index (χ1n) is 15.1. The van der Waals surface area contributed by atoms with Gasteiger partial charge in [-0.25, -0.2) is 4.79 Å². The van der Waals surface area contributed by atoms with Gasteiger partial charge in [0.05, 0.1) is 7.11 Å². The highest BCUT2D eigenvalue weighted by Crippen LogP contribution is 2.25. The highest BCUT2D eigenvalue weighted by atomic mass is 16.6. The first-order chi connectivity index (χ1) is 20.5. The lowest BCUT2D eigenvalue weighted by Gasteiger charge is -2.35. The molecule has 0 spiro atoms. The summed E-state index contributed by atoms with van der Waals surface area (Å²) in [5, 5.41) is 5.94. The maximum Gasteiger partial charge on any atom is 0.410 e. The van der Waals surface area contributed by atoms with Gasteiger partial charge in [0.1, 0.15) is 23.4 Å². The van der Waals surface area contributed by atoms with Crippen LogP contribution in [0.2, 0.25) is 0 Å². The van der Waals surface area contributed by atoms with Crippen LogP contribution in [0.3, 0.4) is 0 Å². The van der Waals surface area contributed by atoms with Gasteiger partial charge in [0.2, 0.25) is 17.7 Å². The second-order valence-electron chi connectivity index (χ2n) is 12.2. The van der Waals surface area contributed by atoms with E-state index in [1.807, 2.05) is 75.4 Å². The van der Waals surface area contributed by atoms with E-state index in [9.17, 15) is 19.2 Å².